The topological polar surface area (TPSA) is 46.9 Å². The number of aryl methyl sites for hydroxylation is 2. The van der Waals surface area contributed by atoms with E-state index in [-0.39, 0.29) is 11.5 Å². The molecule has 0 bridgehead atoms. The largest absolute Gasteiger partial charge is 0.327 e. The molecule has 0 atom stereocenters. The lowest BCUT2D eigenvalue weighted by atomic mass is 10.2. The lowest BCUT2D eigenvalue weighted by Crippen LogP contribution is -2.13. The Morgan fingerprint density at radius 3 is 2.54 bits per heavy atom. The average molecular weight is 427 g/mol. The van der Waals surface area contributed by atoms with Crippen LogP contribution >= 0.6 is 39.1 Å². The van der Waals surface area contributed by atoms with E-state index in [0.717, 1.165) is 28.7 Å². The van der Waals surface area contributed by atoms with E-state index in [2.05, 4.69) is 30.8 Å². The molecule has 3 rings (SSSR count). The van der Waals surface area contributed by atoms with Gasteiger partial charge in [-0.3, -0.25) is 4.79 Å². The number of carbonyl (C=O) groups excluding carboxylic acids is 1. The Balaban J connectivity index is 2.02. The Morgan fingerprint density at radius 2 is 1.88 bits per heavy atom. The number of fused-ring (bicyclic) bond motifs is 1. The molecule has 0 aliphatic heterocycles. The molecule has 0 saturated heterocycles. The minimum Gasteiger partial charge on any atom is -0.327 e. The Bertz CT molecular complexity index is 903. The SMILES string of the molecule is Cc1nc2c(NC(=O)c3c(Cl)cccc3Cl)cccc2n1CCBr. The normalized spacial score (nSPS) is 11.0. The van der Waals surface area contributed by atoms with E-state index in [1.807, 2.05) is 25.1 Å². The standard InChI is InChI=1S/C17H14BrCl2N3O/c1-10-21-16-13(6-3-7-14(16)23(10)9-8-18)22-17(24)15-11(19)4-2-5-12(15)20/h2-7H,8-9H2,1H3,(H,22,24). The lowest BCUT2D eigenvalue weighted by Gasteiger charge is -2.09. The van der Waals surface area contributed by atoms with Gasteiger partial charge in [0.1, 0.15) is 11.3 Å². The van der Waals surface area contributed by atoms with Crippen molar-refractivity contribution in [3.05, 3.63) is 57.8 Å². The van der Waals surface area contributed by atoms with Crippen LogP contribution in [0.3, 0.4) is 0 Å². The Hall–Kier alpha value is -1.56. The van der Waals surface area contributed by atoms with E-state index in [4.69, 9.17) is 23.2 Å². The lowest BCUT2D eigenvalue weighted by molar-refractivity contribution is 0.102. The van der Waals surface area contributed by atoms with Gasteiger partial charge >= 0.3 is 0 Å². The van der Waals surface area contributed by atoms with Crippen LogP contribution in [-0.2, 0) is 6.54 Å². The van der Waals surface area contributed by atoms with Gasteiger partial charge in [0.2, 0.25) is 0 Å². The van der Waals surface area contributed by atoms with Crippen molar-refractivity contribution >= 4 is 61.8 Å². The number of alkyl halides is 1. The summed E-state index contributed by atoms with van der Waals surface area (Å²) < 4.78 is 2.10. The number of amides is 1. The Kier molecular flexibility index (Phi) is 5.13. The fourth-order valence-electron chi connectivity index (χ4n) is 2.63. The first-order valence-electron chi connectivity index (χ1n) is 7.30. The summed E-state index contributed by atoms with van der Waals surface area (Å²) in [6.45, 7) is 2.75. The van der Waals surface area contributed by atoms with Gasteiger partial charge in [-0.15, -0.1) is 0 Å². The molecule has 1 N–H and O–H groups in total. The van der Waals surface area contributed by atoms with Gasteiger partial charge in [-0.25, -0.2) is 4.98 Å². The number of nitrogens with zero attached hydrogens (tertiary/aromatic N) is 2. The number of aromatic nitrogens is 2. The van der Waals surface area contributed by atoms with Gasteiger partial charge in [-0.05, 0) is 31.2 Å². The summed E-state index contributed by atoms with van der Waals surface area (Å²) in [5, 5.41) is 4.32. The van der Waals surface area contributed by atoms with Crippen molar-refractivity contribution in [3.63, 3.8) is 0 Å². The van der Waals surface area contributed by atoms with Crippen molar-refractivity contribution in [2.24, 2.45) is 0 Å². The maximum atomic E-state index is 12.6. The first kappa shape index (κ1) is 17.3. The number of nitrogens with one attached hydrogen (secondary N) is 1. The summed E-state index contributed by atoms with van der Waals surface area (Å²) >= 11 is 15.7. The predicted molar refractivity (Wildman–Crippen MR) is 103 cm³/mol. The number of hydrogen-bond donors (Lipinski definition) is 1. The van der Waals surface area contributed by atoms with Crippen molar-refractivity contribution in [2.75, 3.05) is 10.6 Å². The van der Waals surface area contributed by atoms with Crippen molar-refractivity contribution in [1.82, 2.24) is 9.55 Å². The number of halogens is 3. The highest BCUT2D eigenvalue weighted by Gasteiger charge is 2.17. The highest BCUT2D eigenvalue weighted by atomic mass is 79.9. The number of anilines is 1. The Morgan fingerprint density at radius 1 is 1.21 bits per heavy atom. The van der Waals surface area contributed by atoms with Crippen LogP contribution in [0.15, 0.2) is 36.4 Å². The van der Waals surface area contributed by atoms with Crippen LogP contribution in [0.2, 0.25) is 10.0 Å². The minimum atomic E-state index is -0.356. The predicted octanol–water partition coefficient (Wildman–Crippen LogP) is 5.30. The van der Waals surface area contributed by atoms with Gasteiger partial charge in [0.25, 0.3) is 5.91 Å². The molecular formula is C17H14BrCl2N3O. The highest BCUT2D eigenvalue weighted by Crippen LogP contribution is 2.28. The molecule has 0 aliphatic carbocycles. The smallest absolute Gasteiger partial charge is 0.258 e. The van der Waals surface area contributed by atoms with Gasteiger partial charge < -0.3 is 9.88 Å². The molecule has 1 amide bonds. The second kappa shape index (κ2) is 7.13. The van der Waals surface area contributed by atoms with E-state index < -0.39 is 0 Å². The molecule has 7 heteroatoms. The van der Waals surface area contributed by atoms with Crippen LogP contribution in [0.25, 0.3) is 11.0 Å². The van der Waals surface area contributed by atoms with Crippen LogP contribution in [0.1, 0.15) is 16.2 Å². The first-order valence-corrected chi connectivity index (χ1v) is 9.18. The summed E-state index contributed by atoms with van der Waals surface area (Å²) in [6, 6.07) is 10.7. The molecule has 0 aliphatic rings. The van der Waals surface area contributed by atoms with Crippen molar-refractivity contribution in [2.45, 2.75) is 13.5 Å². The summed E-state index contributed by atoms with van der Waals surface area (Å²) in [5.41, 5.74) is 2.60. The molecule has 0 spiro atoms. The molecule has 2 aromatic carbocycles. The monoisotopic (exact) mass is 425 g/mol. The van der Waals surface area contributed by atoms with E-state index in [1.165, 1.54) is 0 Å². The third-order valence-corrected chi connectivity index (χ3v) is 4.70. The van der Waals surface area contributed by atoms with E-state index in [1.54, 1.807) is 18.2 Å². The summed E-state index contributed by atoms with van der Waals surface area (Å²) in [6.07, 6.45) is 0. The first-order chi connectivity index (χ1) is 11.5. The molecular weight excluding hydrogens is 413 g/mol. The van der Waals surface area contributed by atoms with Crippen LogP contribution in [0, 0.1) is 6.92 Å². The molecule has 4 nitrogen and oxygen atoms in total. The second-order valence-corrected chi connectivity index (χ2v) is 6.83. The van der Waals surface area contributed by atoms with Gasteiger partial charge in [0, 0.05) is 11.9 Å². The summed E-state index contributed by atoms with van der Waals surface area (Å²) in [4.78, 5) is 17.2. The van der Waals surface area contributed by atoms with Gasteiger partial charge in [0.15, 0.2) is 0 Å². The number of hydrogen-bond acceptors (Lipinski definition) is 2. The van der Waals surface area contributed by atoms with Gasteiger partial charge in [-0.2, -0.15) is 0 Å². The van der Waals surface area contributed by atoms with Crippen molar-refractivity contribution < 1.29 is 4.79 Å². The third kappa shape index (κ3) is 3.16. The van der Waals surface area contributed by atoms with Crippen molar-refractivity contribution in [3.8, 4) is 0 Å². The molecule has 0 unspecified atom stereocenters. The number of imidazole rings is 1. The fraction of sp³-hybridized carbons (Fsp3) is 0.176. The summed E-state index contributed by atoms with van der Waals surface area (Å²) in [5.74, 6) is 0.535. The molecule has 124 valence electrons. The Labute approximate surface area is 157 Å². The van der Waals surface area contributed by atoms with Crippen LogP contribution in [0.5, 0.6) is 0 Å². The van der Waals surface area contributed by atoms with Gasteiger partial charge in [0.05, 0.1) is 26.8 Å². The van der Waals surface area contributed by atoms with Crippen LogP contribution in [-0.4, -0.2) is 20.8 Å². The number of carbonyl (C=O) groups is 1. The zero-order valence-corrected chi connectivity index (χ0v) is 15.9. The molecule has 0 fully saturated rings. The minimum absolute atomic E-state index is 0.259. The summed E-state index contributed by atoms with van der Waals surface area (Å²) in [7, 11) is 0. The van der Waals surface area contributed by atoms with Crippen molar-refractivity contribution in [1.29, 1.82) is 0 Å². The van der Waals surface area contributed by atoms with Crippen LogP contribution in [0.4, 0.5) is 5.69 Å². The van der Waals surface area contributed by atoms with E-state index in [0.29, 0.717) is 15.7 Å². The van der Waals surface area contributed by atoms with Crippen LogP contribution < -0.4 is 5.32 Å². The second-order valence-electron chi connectivity index (χ2n) is 5.22. The number of para-hydroxylation sites is 1. The molecule has 0 saturated carbocycles. The average Bonchev–Trinajstić information content (AvgIpc) is 2.85. The molecule has 1 aromatic heterocycles. The molecule has 3 aromatic rings. The third-order valence-electron chi connectivity index (χ3n) is 3.72. The number of rotatable bonds is 4. The maximum absolute atomic E-state index is 12.6. The molecule has 0 radical (unpaired) electrons. The van der Waals surface area contributed by atoms with Gasteiger partial charge in [-0.1, -0.05) is 51.3 Å². The fourth-order valence-corrected chi connectivity index (χ4v) is 3.55. The quantitative estimate of drug-likeness (QED) is 0.575. The maximum Gasteiger partial charge on any atom is 0.258 e. The molecule has 24 heavy (non-hydrogen) atoms. The zero-order valence-electron chi connectivity index (χ0n) is 12.8. The van der Waals surface area contributed by atoms with E-state index in [9.17, 15) is 4.79 Å². The highest BCUT2D eigenvalue weighted by molar-refractivity contribution is 9.09. The zero-order chi connectivity index (χ0) is 17.3. The molecule has 1 heterocycles. The number of benzene rings is 2. The van der Waals surface area contributed by atoms with E-state index >= 15 is 0 Å².